The third-order valence-electron chi connectivity index (χ3n) is 5.10. The molecule has 3 heterocycles. The second-order valence-corrected chi connectivity index (χ2v) is 8.52. The molecule has 29 heavy (non-hydrogen) atoms. The van der Waals surface area contributed by atoms with Crippen LogP contribution < -0.4 is 20.5 Å². The summed E-state index contributed by atoms with van der Waals surface area (Å²) >= 11 is 1.45. The smallest absolute Gasteiger partial charge is 0.231 e. The van der Waals surface area contributed by atoms with Crippen molar-refractivity contribution >= 4 is 28.3 Å². The number of carbonyl (C=O) groups is 2. The van der Waals surface area contributed by atoms with E-state index in [0.717, 1.165) is 41.3 Å². The highest BCUT2D eigenvalue weighted by molar-refractivity contribution is 7.16. The standard InChI is InChI=1S/C20H24N4O4S/c1-12-18(13-4-5-15-16(9-13)28-8-7-27-15)22-20(29-12)23-19(26)14-3-2-6-24(10-14)11-17(21)25/h4-5,9,14H,2-3,6-8,10-11H2,1H3,(H2,21,25)(H,22,23,26)/t14-/m1/s1. The minimum Gasteiger partial charge on any atom is -0.486 e. The van der Waals surface area contributed by atoms with Crippen LogP contribution in [0.3, 0.4) is 0 Å². The molecule has 3 N–H and O–H groups in total. The van der Waals surface area contributed by atoms with E-state index in [2.05, 4.69) is 10.3 Å². The molecule has 1 atom stereocenters. The Morgan fingerprint density at radius 1 is 1.31 bits per heavy atom. The van der Waals surface area contributed by atoms with Gasteiger partial charge in [0.25, 0.3) is 0 Å². The number of carbonyl (C=O) groups excluding carboxylic acids is 2. The van der Waals surface area contributed by atoms with Crippen molar-refractivity contribution < 1.29 is 19.1 Å². The van der Waals surface area contributed by atoms with E-state index >= 15 is 0 Å². The molecule has 1 aromatic heterocycles. The van der Waals surface area contributed by atoms with Crippen molar-refractivity contribution in [1.29, 1.82) is 0 Å². The van der Waals surface area contributed by atoms with Crippen molar-refractivity contribution in [3.05, 3.63) is 23.1 Å². The summed E-state index contributed by atoms with van der Waals surface area (Å²) in [5, 5.41) is 3.52. The highest BCUT2D eigenvalue weighted by Gasteiger charge is 2.27. The summed E-state index contributed by atoms with van der Waals surface area (Å²) in [5.74, 6) is 0.833. The predicted molar refractivity (Wildman–Crippen MR) is 110 cm³/mol. The van der Waals surface area contributed by atoms with E-state index in [1.807, 2.05) is 30.0 Å². The van der Waals surface area contributed by atoms with Gasteiger partial charge in [-0.15, -0.1) is 11.3 Å². The third kappa shape index (κ3) is 4.51. The van der Waals surface area contributed by atoms with E-state index in [-0.39, 0.29) is 24.3 Å². The lowest BCUT2D eigenvalue weighted by molar-refractivity contribution is -0.124. The first-order valence-electron chi connectivity index (χ1n) is 9.68. The minimum absolute atomic E-state index is 0.0679. The molecule has 2 aliphatic heterocycles. The zero-order valence-corrected chi connectivity index (χ0v) is 17.1. The minimum atomic E-state index is -0.370. The maximum atomic E-state index is 12.7. The molecule has 154 valence electrons. The molecule has 0 radical (unpaired) electrons. The fraction of sp³-hybridized carbons (Fsp3) is 0.450. The summed E-state index contributed by atoms with van der Waals surface area (Å²) in [6, 6.07) is 5.76. The highest BCUT2D eigenvalue weighted by atomic mass is 32.1. The van der Waals surface area contributed by atoms with Gasteiger partial charge in [-0.3, -0.25) is 14.5 Å². The molecule has 0 bridgehead atoms. The Kier molecular flexibility index (Phi) is 5.68. The van der Waals surface area contributed by atoms with E-state index in [0.29, 0.717) is 30.6 Å². The number of hydrogen-bond donors (Lipinski definition) is 2. The lowest BCUT2D eigenvalue weighted by atomic mass is 9.97. The number of anilines is 1. The largest absolute Gasteiger partial charge is 0.486 e. The number of aryl methyl sites for hydroxylation is 1. The summed E-state index contributed by atoms with van der Waals surface area (Å²) in [7, 11) is 0. The normalized spacial score (nSPS) is 19.0. The number of primary amides is 1. The molecule has 2 amide bonds. The van der Waals surface area contributed by atoms with Gasteiger partial charge in [-0.05, 0) is 44.5 Å². The number of amides is 2. The molecule has 1 saturated heterocycles. The number of likely N-dealkylation sites (tertiary alicyclic amines) is 1. The lowest BCUT2D eigenvalue weighted by Gasteiger charge is -2.30. The molecular formula is C20H24N4O4S. The van der Waals surface area contributed by atoms with E-state index < -0.39 is 0 Å². The van der Waals surface area contributed by atoms with Crippen molar-refractivity contribution in [1.82, 2.24) is 9.88 Å². The Morgan fingerprint density at radius 2 is 2.10 bits per heavy atom. The summed E-state index contributed by atoms with van der Waals surface area (Å²) in [4.78, 5) is 31.5. The van der Waals surface area contributed by atoms with Gasteiger partial charge < -0.3 is 20.5 Å². The first-order valence-corrected chi connectivity index (χ1v) is 10.5. The van der Waals surface area contributed by atoms with Crippen molar-refractivity contribution in [3.8, 4) is 22.8 Å². The molecule has 1 aromatic carbocycles. The van der Waals surface area contributed by atoms with Gasteiger partial charge in [0.1, 0.15) is 13.2 Å². The quantitative estimate of drug-likeness (QED) is 0.772. The predicted octanol–water partition coefficient (Wildman–Crippen LogP) is 2.03. The van der Waals surface area contributed by atoms with Crippen LogP contribution in [0, 0.1) is 12.8 Å². The number of rotatable bonds is 5. The van der Waals surface area contributed by atoms with Gasteiger partial charge in [0.15, 0.2) is 16.6 Å². The number of hydrogen-bond acceptors (Lipinski definition) is 7. The molecule has 2 aromatic rings. The van der Waals surface area contributed by atoms with Gasteiger partial charge in [0, 0.05) is 17.0 Å². The Hall–Kier alpha value is -2.65. The topological polar surface area (TPSA) is 107 Å². The van der Waals surface area contributed by atoms with Crippen LogP contribution in [0.2, 0.25) is 0 Å². The van der Waals surface area contributed by atoms with Gasteiger partial charge >= 0.3 is 0 Å². The molecule has 2 aliphatic rings. The number of aromatic nitrogens is 1. The maximum Gasteiger partial charge on any atom is 0.231 e. The molecular weight excluding hydrogens is 392 g/mol. The second kappa shape index (κ2) is 8.38. The van der Waals surface area contributed by atoms with Crippen molar-refractivity contribution in [2.45, 2.75) is 19.8 Å². The van der Waals surface area contributed by atoms with Gasteiger partial charge in [-0.1, -0.05) is 0 Å². The molecule has 0 spiro atoms. The maximum absolute atomic E-state index is 12.7. The number of benzene rings is 1. The zero-order chi connectivity index (χ0) is 20.4. The fourth-order valence-electron chi connectivity index (χ4n) is 3.75. The Morgan fingerprint density at radius 3 is 2.90 bits per heavy atom. The van der Waals surface area contributed by atoms with Crippen LogP contribution in [-0.4, -0.2) is 54.5 Å². The number of nitrogens with two attached hydrogens (primary N) is 1. The van der Waals surface area contributed by atoms with E-state index in [1.54, 1.807) is 0 Å². The van der Waals surface area contributed by atoms with Crippen LogP contribution in [0.25, 0.3) is 11.3 Å². The molecule has 8 nitrogen and oxygen atoms in total. The molecule has 0 aliphatic carbocycles. The van der Waals surface area contributed by atoms with Crippen molar-refractivity contribution in [2.75, 3.05) is 38.2 Å². The molecule has 0 unspecified atom stereocenters. The number of nitrogens with zero attached hydrogens (tertiary/aromatic N) is 2. The average Bonchev–Trinajstić information content (AvgIpc) is 3.07. The molecule has 9 heteroatoms. The van der Waals surface area contributed by atoms with Gasteiger partial charge in [0.2, 0.25) is 11.8 Å². The van der Waals surface area contributed by atoms with Crippen LogP contribution >= 0.6 is 11.3 Å². The fourth-order valence-corrected chi connectivity index (χ4v) is 4.59. The van der Waals surface area contributed by atoms with Gasteiger partial charge in [-0.25, -0.2) is 4.98 Å². The Labute approximate surface area is 173 Å². The SMILES string of the molecule is Cc1sc(NC(=O)[C@@H]2CCCN(CC(N)=O)C2)nc1-c1ccc2c(c1)OCCO2. The average molecular weight is 417 g/mol. The summed E-state index contributed by atoms with van der Waals surface area (Å²) in [6.07, 6.45) is 1.66. The van der Waals surface area contributed by atoms with Crippen LogP contribution in [0.4, 0.5) is 5.13 Å². The van der Waals surface area contributed by atoms with Gasteiger partial charge in [-0.2, -0.15) is 0 Å². The van der Waals surface area contributed by atoms with Crippen LogP contribution in [0.5, 0.6) is 11.5 Å². The lowest BCUT2D eigenvalue weighted by Crippen LogP contribution is -2.44. The number of thiazole rings is 1. The van der Waals surface area contributed by atoms with E-state index in [4.69, 9.17) is 15.2 Å². The summed E-state index contributed by atoms with van der Waals surface area (Å²) in [6.45, 7) is 4.58. The molecule has 4 rings (SSSR count). The Bertz CT molecular complexity index is 929. The highest BCUT2D eigenvalue weighted by Crippen LogP contribution is 2.37. The first-order chi connectivity index (χ1) is 14.0. The van der Waals surface area contributed by atoms with E-state index in [9.17, 15) is 9.59 Å². The second-order valence-electron chi connectivity index (χ2n) is 7.31. The van der Waals surface area contributed by atoms with Gasteiger partial charge in [0.05, 0.1) is 18.2 Å². The Balaban J connectivity index is 1.45. The third-order valence-corrected chi connectivity index (χ3v) is 5.98. The van der Waals surface area contributed by atoms with Crippen LogP contribution in [0.1, 0.15) is 17.7 Å². The van der Waals surface area contributed by atoms with Crippen LogP contribution in [0.15, 0.2) is 18.2 Å². The number of fused-ring (bicyclic) bond motifs is 1. The first kappa shape index (κ1) is 19.7. The molecule has 1 fully saturated rings. The number of piperidine rings is 1. The van der Waals surface area contributed by atoms with Crippen molar-refractivity contribution in [3.63, 3.8) is 0 Å². The summed E-state index contributed by atoms with van der Waals surface area (Å²) in [5.41, 5.74) is 7.02. The van der Waals surface area contributed by atoms with Crippen molar-refractivity contribution in [2.24, 2.45) is 11.7 Å². The van der Waals surface area contributed by atoms with Crippen LogP contribution in [-0.2, 0) is 9.59 Å². The monoisotopic (exact) mass is 416 g/mol. The summed E-state index contributed by atoms with van der Waals surface area (Å²) < 4.78 is 11.2. The van der Waals surface area contributed by atoms with E-state index in [1.165, 1.54) is 11.3 Å². The molecule has 0 saturated carbocycles. The number of nitrogens with one attached hydrogen (secondary N) is 1. The number of ether oxygens (including phenoxy) is 2. The zero-order valence-electron chi connectivity index (χ0n) is 16.3.